The molecule has 0 aliphatic carbocycles. The highest BCUT2D eigenvalue weighted by molar-refractivity contribution is 6.89. The first kappa shape index (κ1) is 19.6. The molecule has 0 aromatic heterocycles. The van der Waals surface area contributed by atoms with Crippen molar-refractivity contribution in [2.24, 2.45) is 0 Å². The standard InChI is InChI=1S/C14H36O2Si3/c1-9-18(10-2,11-3)15-17(7,8)16-19(12-4,13-5)14-6/h9-14H2,1-8H3. The predicted molar refractivity (Wildman–Crippen MR) is 94.0 cm³/mol. The summed E-state index contributed by atoms with van der Waals surface area (Å²) < 4.78 is 13.4. The van der Waals surface area contributed by atoms with E-state index in [0.29, 0.717) is 0 Å². The molecule has 0 aliphatic heterocycles. The van der Waals surface area contributed by atoms with Crippen LogP contribution in [-0.2, 0) is 8.23 Å². The molecule has 0 amide bonds. The molecule has 0 unspecified atom stereocenters. The maximum absolute atomic E-state index is 6.72. The average molecular weight is 321 g/mol. The Hall–Kier alpha value is 0.571. The van der Waals surface area contributed by atoms with E-state index < -0.39 is 25.2 Å². The van der Waals surface area contributed by atoms with Gasteiger partial charge in [-0.1, -0.05) is 41.5 Å². The fourth-order valence-corrected chi connectivity index (χ4v) is 18.3. The van der Waals surface area contributed by atoms with Gasteiger partial charge in [0.1, 0.15) is 0 Å². The zero-order valence-electron chi connectivity index (χ0n) is 14.6. The summed E-state index contributed by atoms with van der Waals surface area (Å²) in [6, 6.07) is 7.33. The number of hydrogen-bond donors (Lipinski definition) is 0. The molecule has 0 saturated carbocycles. The number of hydrogen-bond acceptors (Lipinski definition) is 2. The topological polar surface area (TPSA) is 18.5 Å². The summed E-state index contributed by atoms with van der Waals surface area (Å²) in [5.41, 5.74) is 0. The van der Waals surface area contributed by atoms with Crippen molar-refractivity contribution in [3.63, 3.8) is 0 Å². The first-order chi connectivity index (χ1) is 8.78. The van der Waals surface area contributed by atoms with Crippen molar-refractivity contribution in [2.45, 2.75) is 90.9 Å². The van der Waals surface area contributed by atoms with E-state index in [1.165, 1.54) is 36.3 Å². The van der Waals surface area contributed by atoms with Crippen LogP contribution >= 0.6 is 0 Å². The minimum absolute atomic E-state index is 1.22. The van der Waals surface area contributed by atoms with Crippen molar-refractivity contribution in [1.82, 2.24) is 0 Å². The largest absolute Gasteiger partial charge is 0.436 e. The molecule has 0 aliphatic rings. The van der Waals surface area contributed by atoms with Crippen molar-refractivity contribution < 1.29 is 8.23 Å². The summed E-state index contributed by atoms with van der Waals surface area (Å²) in [6.45, 7) is 18.3. The lowest BCUT2D eigenvalue weighted by molar-refractivity contribution is 0.378. The van der Waals surface area contributed by atoms with Crippen molar-refractivity contribution in [3.8, 4) is 0 Å². The summed E-state index contributed by atoms with van der Waals surface area (Å²) >= 11 is 0. The summed E-state index contributed by atoms with van der Waals surface area (Å²) in [5.74, 6) is 0. The van der Waals surface area contributed by atoms with E-state index in [0.717, 1.165) is 0 Å². The van der Waals surface area contributed by atoms with Crippen molar-refractivity contribution in [2.75, 3.05) is 0 Å². The van der Waals surface area contributed by atoms with Crippen LogP contribution in [0.25, 0.3) is 0 Å². The molecule has 0 aromatic carbocycles. The first-order valence-corrected chi connectivity index (χ1v) is 16.1. The zero-order valence-corrected chi connectivity index (χ0v) is 17.6. The Labute approximate surface area is 124 Å². The van der Waals surface area contributed by atoms with Gasteiger partial charge in [-0.25, -0.2) is 0 Å². The summed E-state index contributed by atoms with van der Waals surface area (Å²) in [6.07, 6.45) is 0. The Morgan fingerprint density at radius 1 is 0.526 bits per heavy atom. The van der Waals surface area contributed by atoms with Crippen LogP contribution in [0.3, 0.4) is 0 Å². The van der Waals surface area contributed by atoms with Crippen LogP contribution in [0, 0.1) is 0 Å². The van der Waals surface area contributed by atoms with Crippen LogP contribution < -0.4 is 0 Å². The van der Waals surface area contributed by atoms with E-state index in [9.17, 15) is 0 Å². The molecule has 0 rings (SSSR count). The molecule has 0 N–H and O–H groups in total. The highest BCUT2D eigenvalue weighted by Gasteiger charge is 2.43. The van der Waals surface area contributed by atoms with E-state index in [1.807, 2.05) is 0 Å². The van der Waals surface area contributed by atoms with E-state index >= 15 is 0 Å². The van der Waals surface area contributed by atoms with E-state index in [2.05, 4.69) is 54.6 Å². The van der Waals surface area contributed by atoms with E-state index in [-0.39, 0.29) is 0 Å². The minimum Gasteiger partial charge on any atom is -0.436 e. The molecule has 0 fully saturated rings. The molecule has 2 nitrogen and oxygen atoms in total. The third-order valence-electron chi connectivity index (χ3n) is 4.79. The Kier molecular flexibility index (Phi) is 8.36. The molecule has 5 heteroatoms. The van der Waals surface area contributed by atoms with Gasteiger partial charge in [0, 0.05) is 0 Å². The van der Waals surface area contributed by atoms with Gasteiger partial charge < -0.3 is 8.23 Å². The molecule has 0 bridgehead atoms. The van der Waals surface area contributed by atoms with Gasteiger partial charge in [0.15, 0.2) is 16.6 Å². The Morgan fingerprint density at radius 3 is 0.895 bits per heavy atom. The summed E-state index contributed by atoms with van der Waals surface area (Å²) in [5, 5.41) is 0. The van der Waals surface area contributed by atoms with Gasteiger partial charge in [0.05, 0.1) is 0 Å². The van der Waals surface area contributed by atoms with Gasteiger partial charge in [-0.15, -0.1) is 0 Å². The Morgan fingerprint density at radius 2 is 0.737 bits per heavy atom. The maximum Gasteiger partial charge on any atom is 0.311 e. The van der Waals surface area contributed by atoms with E-state index in [4.69, 9.17) is 8.23 Å². The first-order valence-electron chi connectivity index (χ1n) is 8.18. The number of rotatable bonds is 10. The van der Waals surface area contributed by atoms with Crippen LogP contribution in [0.15, 0.2) is 0 Å². The molecule has 0 aromatic rings. The second-order valence-corrected chi connectivity index (χ2v) is 19.5. The van der Waals surface area contributed by atoms with Crippen molar-refractivity contribution in [1.29, 1.82) is 0 Å². The molecular formula is C14H36O2Si3. The average Bonchev–Trinajstić information content (AvgIpc) is 2.42. The third kappa shape index (κ3) is 5.46. The summed E-state index contributed by atoms with van der Waals surface area (Å²) in [7, 11) is -5.04. The molecular weight excluding hydrogens is 284 g/mol. The van der Waals surface area contributed by atoms with Gasteiger partial charge in [-0.05, 0) is 49.4 Å². The summed E-state index contributed by atoms with van der Waals surface area (Å²) in [4.78, 5) is 0. The molecule has 0 heterocycles. The monoisotopic (exact) mass is 320 g/mol. The lowest BCUT2D eigenvalue weighted by Crippen LogP contribution is -2.55. The quantitative estimate of drug-likeness (QED) is 0.478. The van der Waals surface area contributed by atoms with Gasteiger partial charge in [0.25, 0.3) is 0 Å². The predicted octanol–water partition coefficient (Wildman–Crippen LogP) is 5.73. The highest BCUT2D eigenvalue weighted by Crippen LogP contribution is 2.31. The van der Waals surface area contributed by atoms with Gasteiger partial charge >= 0.3 is 8.56 Å². The van der Waals surface area contributed by atoms with Gasteiger partial charge in [-0.3, -0.25) is 0 Å². The van der Waals surface area contributed by atoms with Crippen LogP contribution in [0.4, 0.5) is 0 Å². The van der Waals surface area contributed by atoms with Gasteiger partial charge in [-0.2, -0.15) is 0 Å². The molecule has 0 radical (unpaired) electrons. The fourth-order valence-electron chi connectivity index (χ4n) is 3.00. The lowest BCUT2D eigenvalue weighted by atomic mass is 10.9. The molecule has 0 atom stereocenters. The fraction of sp³-hybridized carbons (Fsp3) is 1.00. The maximum atomic E-state index is 6.72. The molecule has 0 spiro atoms. The third-order valence-corrected chi connectivity index (χ3v) is 19.9. The molecule has 19 heavy (non-hydrogen) atoms. The minimum atomic E-state index is -1.98. The van der Waals surface area contributed by atoms with Crippen molar-refractivity contribution >= 4 is 25.2 Å². The second-order valence-electron chi connectivity index (χ2n) is 6.09. The Bertz CT molecular complexity index is 209. The van der Waals surface area contributed by atoms with Crippen LogP contribution in [0.5, 0.6) is 0 Å². The van der Waals surface area contributed by atoms with Crippen LogP contribution in [0.2, 0.25) is 49.4 Å². The van der Waals surface area contributed by atoms with Crippen LogP contribution in [-0.4, -0.2) is 25.2 Å². The molecule has 0 saturated heterocycles. The van der Waals surface area contributed by atoms with Gasteiger partial charge in [0.2, 0.25) is 0 Å². The Balaban J connectivity index is 4.96. The smallest absolute Gasteiger partial charge is 0.311 e. The second kappa shape index (κ2) is 8.12. The SMILES string of the molecule is CC[Si](CC)(CC)O[Si](C)(C)O[Si](CC)(CC)CC. The normalized spacial score (nSPS) is 13.9. The molecule has 116 valence electrons. The van der Waals surface area contributed by atoms with Crippen LogP contribution in [0.1, 0.15) is 41.5 Å². The zero-order chi connectivity index (χ0) is 15.2. The highest BCUT2D eigenvalue weighted by atomic mass is 28.5. The lowest BCUT2D eigenvalue weighted by Gasteiger charge is -2.42. The van der Waals surface area contributed by atoms with E-state index in [1.54, 1.807) is 0 Å². The van der Waals surface area contributed by atoms with Crippen molar-refractivity contribution in [3.05, 3.63) is 0 Å².